The Morgan fingerprint density at radius 1 is 0.794 bits per heavy atom. The highest BCUT2D eigenvalue weighted by atomic mass is 15.2. The van der Waals surface area contributed by atoms with Gasteiger partial charge in [-0.05, 0) is 56.1 Å². The molecule has 0 bridgehead atoms. The number of H-pyrrole nitrogens is 2. The van der Waals surface area contributed by atoms with Crippen molar-refractivity contribution in [3.05, 3.63) is 79.1 Å². The van der Waals surface area contributed by atoms with E-state index in [0.29, 0.717) is 5.65 Å². The minimum Gasteiger partial charge on any atom is -0.353 e. The number of rotatable bonds is 5. The zero-order chi connectivity index (χ0) is 23.1. The molecule has 0 unspecified atom stereocenters. The maximum Gasteiger partial charge on any atom is 0.181 e. The normalized spacial score (nSPS) is 11.6. The van der Waals surface area contributed by atoms with Crippen LogP contribution in [0.15, 0.2) is 73.6 Å². The lowest BCUT2D eigenvalue weighted by Gasteiger charge is -2.10. The molecule has 0 fully saturated rings. The maximum atomic E-state index is 4.62. The van der Waals surface area contributed by atoms with Crippen molar-refractivity contribution in [2.24, 2.45) is 0 Å². The second-order valence-corrected chi connectivity index (χ2v) is 8.55. The van der Waals surface area contributed by atoms with Crippen molar-refractivity contribution in [2.45, 2.75) is 6.54 Å². The Morgan fingerprint density at radius 3 is 2.50 bits per heavy atom. The molecule has 8 nitrogen and oxygen atoms in total. The van der Waals surface area contributed by atoms with E-state index in [2.05, 4.69) is 58.2 Å². The SMILES string of the molecule is CN(C)Cc1cncc(-c2cnc3n[nH]c(-c4cc5c(-c6ccncc6)nccc5[nH]4)c3c2)c1. The Kier molecular flexibility index (Phi) is 4.85. The first kappa shape index (κ1) is 20.2. The first-order valence-corrected chi connectivity index (χ1v) is 11.0. The van der Waals surface area contributed by atoms with Crippen LogP contribution < -0.4 is 0 Å². The minimum absolute atomic E-state index is 0.669. The summed E-state index contributed by atoms with van der Waals surface area (Å²) >= 11 is 0. The molecule has 6 aromatic rings. The van der Waals surface area contributed by atoms with E-state index in [9.17, 15) is 0 Å². The number of aromatic nitrogens is 7. The quantitative estimate of drug-likeness (QED) is 0.399. The predicted octanol–water partition coefficient (Wildman–Crippen LogP) is 4.69. The number of fused-ring (bicyclic) bond motifs is 2. The number of hydrogen-bond acceptors (Lipinski definition) is 6. The monoisotopic (exact) mass is 446 g/mol. The van der Waals surface area contributed by atoms with Crippen LogP contribution in [0.4, 0.5) is 0 Å². The summed E-state index contributed by atoms with van der Waals surface area (Å²) in [5.74, 6) is 0. The highest BCUT2D eigenvalue weighted by Gasteiger charge is 2.15. The van der Waals surface area contributed by atoms with Gasteiger partial charge in [-0.25, -0.2) is 4.98 Å². The highest BCUT2D eigenvalue weighted by molar-refractivity contribution is 5.99. The summed E-state index contributed by atoms with van der Waals surface area (Å²) in [7, 11) is 4.10. The van der Waals surface area contributed by atoms with E-state index in [-0.39, 0.29) is 0 Å². The fourth-order valence-corrected chi connectivity index (χ4v) is 4.29. The molecule has 0 aromatic carbocycles. The van der Waals surface area contributed by atoms with Gasteiger partial charge in [-0.15, -0.1) is 0 Å². The Balaban J connectivity index is 1.45. The van der Waals surface area contributed by atoms with Crippen molar-refractivity contribution >= 4 is 21.9 Å². The zero-order valence-corrected chi connectivity index (χ0v) is 18.8. The molecule has 0 saturated carbocycles. The van der Waals surface area contributed by atoms with Crippen LogP contribution in [0, 0.1) is 0 Å². The Morgan fingerprint density at radius 2 is 1.65 bits per heavy atom. The Bertz CT molecular complexity index is 1610. The molecule has 0 atom stereocenters. The standard InChI is InChI=1S/C26H22N8/c1-34(2)15-16-9-18(13-28-12-16)19-10-21-25(32-33-26(21)30-14-19)23-11-20-22(31-23)5-8-29-24(20)17-3-6-27-7-4-17/h3-14,31H,15H2,1-2H3,(H,30,32,33). The third-order valence-corrected chi connectivity index (χ3v) is 5.81. The molecule has 0 aliphatic rings. The van der Waals surface area contributed by atoms with E-state index in [1.165, 1.54) is 0 Å². The van der Waals surface area contributed by atoms with Crippen molar-refractivity contribution in [1.29, 1.82) is 0 Å². The maximum absolute atomic E-state index is 4.62. The number of pyridine rings is 4. The lowest BCUT2D eigenvalue weighted by atomic mass is 10.1. The van der Waals surface area contributed by atoms with E-state index < -0.39 is 0 Å². The summed E-state index contributed by atoms with van der Waals surface area (Å²) in [6.07, 6.45) is 11.0. The van der Waals surface area contributed by atoms with Crippen LogP contribution in [0.1, 0.15) is 5.56 Å². The minimum atomic E-state index is 0.669. The zero-order valence-electron chi connectivity index (χ0n) is 18.8. The number of hydrogen-bond donors (Lipinski definition) is 2. The summed E-state index contributed by atoms with van der Waals surface area (Å²) in [5, 5.41) is 9.59. The van der Waals surface area contributed by atoms with Gasteiger partial charge in [0, 0.05) is 76.7 Å². The Labute approximate surface area is 195 Å². The van der Waals surface area contributed by atoms with Crippen LogP contribution in [0.2, 0.25) is 0 Å². The molecule has 0 aliphatic heterocycles. The van der Waals surface area contributed by atoms with Gasteiger partial charge >= 0.3 is 0 Å². The van der Waals surface area contributed by atoms with Crippen molar-refractivity contribution in [2.75, 3.05) is 14.1 Å². The summed E-state index contributed by atoms with van der Waals surface area (Å²) in [6, 6.07) is 12.3. The lowest BCUT2D eigenvalue weighted by molar-refractivity contribution is 0.402. The number of nitrogens with zero attached hydrogens (tertiary/aromatic N) is 6. The van der Waals surface area contributed by atoms with Crippen LogP contribution in [0.25, 0.3) is 55.7 Å². The van der Waals surface area contributed by atoms with E-state index in [1.54, 1.807) is 12.4 Å². The lowest BCUT2D eigenvalue weighted by Crippen LogP contribution is -2.10. The van der Waals surface area contributed by atoms with E-state index >= 15 is 0 Å². The van der Waals surface area contributed by atoms with Gasteiger partial charge in [0.1, 0.15) is 0 Å². The molecular formula is C26H22N8. The van der Waals surface area contributed by atoms with Gasteiger partial charge in [-0.3, -0.25) is 20.1 Å². The van der Waals surface area contributed by atoms with Crippen LogP contribution in [0.3, 0.4) is 0 Å². The Hall–Kier alpha value is -4.43. The average Bonchev–Trinajstić information content (AvgIpc) is 3.48. The molecule has 0 amide bonds. The first-order chi connectivity index (χ1) is 16.7. The molecule has 6 rings (SSSR count). The van der Waals surface area contributed by atoms with Crippen LogP contribution >= 0.6 is 0 Å². The topological polar surface area (TPSA) is 99.3 Å². The molecule has 6 heterocycles. The third kappa shape index (κ3) is 3.60. The van der Waals surface area contributed by atoms with Gasteiger partial charge in [0.2, 0.25) is 0 Å². The van der Waals surface area contributed by atoms with Crippen molar-refractivity contribution in [3.8, 4) is 33.8 Å². The van der Waals surface area contributed by atoms with E-state index in [0.717, 1.165) is 62.2 Å². The molecular weight excluding hydrogens is 424 g/mol. The number of nitrogens with one attached hydrogen (secondary N) is 2. The second kappa shape index (κ2) is 8.17. The molecule has 166 valence electrons. The van der Waals surface area contributed by atoms with Gasteiger partial charge in [-0.2, -0.15) is 5.10 Å². The van der Waals surface area contributed by atoms with Gasteiger partial charge in [0.15, 0.2) is 5.65 Å². The summed E-state index contributed by atoms with van der Waals surface area (Å²) in [6.45, 7) is 0.830. The van der Waals surface area contributed by atoms with Crippen LogP contribution in [-0.2, 0) is 6.54 Å². The van der Waals surface area contributed by atoms with E-state index in [4.69, 9.17) is 0 Å². The third-order valence-electron chi connectivity index (χ3n) is 5.81. The molecule has 0 spiro atoms. The summed E-state index contributed by atoms with van der Waals surface area (Å²) in [5.41, 5.74) is 8.61. The molecule has 8 heteroatoms. The highest BCUT2D eigenvalue weighted by Crippen LogP contribution is 2.33. The fourth-order valence-electron chi connectivity index (χ4n) is 4.29. The van der Waals surface area contributed by atoms with Crippen LogP contribution in [0.5, 0.6) is 0 Å². The fraction of sp³-hybridized carbons (Fsp3) is 0.115. The van der Waals surface area contributed by atoms with E-state index in [1.807, 2.05) is 57.1 Å². The van der Waals surface area contributed by atoms with Crippen molar-refractivity contribution in [1.82, 2.24) is 40.0 Å². The predicted molar refractivity (Wildman–Crippen MR) is 133 cm³/mol. The number of aromatic amines is 2. The molecule has 6 aromatic heterocycles. The molecule has 0 radical (unpaired) electrons. The first-order valence-electron chi connectivity index (χ1n) is 11.0. The van der Waals surface area contributed by atoms with Crippen LogP contribution in [-0.4, -0.2) is 54.1 Å². The van der Waals surface area contributed by atoms with Crippen molar-refractivity contribution < 1.29 is 0 Å². The largest absolute Gasteiger partial charge is 0.353 e. The van der Waals surface area contributed by atoms with Gasteiger partial charge in [-0.1, -0.05) is 0 Å². The smallest absolute Gasteiger partial charge is 0.181 e. The second-order valence-electron chi connectivity index (χ2n) is 8.55. The average molecular weight is 447 g/mol. The summed E-state index contributed by atoms with van der Waals surface area (Å²) in [4.78, 5) is 23.4. The molecule has 0 saturated heterocycles. The molecule has 0 aliphatic carbocycles. The van der Waals surface area contributed by atoms with Crippen molar-refractivity contribution in [3.63, 3.8) is 0 Å². The van der Waals surface area contributed by atoms with Gasteiger partial charge in [0.05, 0.1) is 17.1 Å². The van der Waals surface area contributed by atoms with Gasteiger partial charge < -0.3 is 9.88 Å². The summed E-state index contributed by atoms with van der Waals surface area (Å²) < 4.78 is 0. The molecule has 2 N–H and O–H groups in total. The molecule has 34 heavy (non-hydrogen) atoms. The van der Waals surface area contributed by atoms with Gasteiger partial charge in [0.25, 0.3) is 0 Å².